The van der Waals surface area contributed by atoms with Gasteiger partial charge in [-0.15, -0.1) is 0 Å². The van der Waals surface area contributed by atoms with Gasteiger partial charge in [0.15, 0.2) is 0 Å². The Morgan fingerprint density at radius 3 is 2.06 bits per heavy atom. The molecular formula is C26H29NO4. The van der Waals surface area contributed by atoms with Crippen LogP contribution in [0.25, 0.3) is 11.1 Å². The van der Waals surface area contributed by atoms with Gasteiger partial charge in [-0.2, -0.15) is 0 Å². The van der Waals surface area contributed by atoms with E-state index in [9.17, 15) is 14.7 Å². The van der Waals surface area contributed by atoms with Crippen LogP contribution in [0, 0.1) is 11.3 Å². The molecule has 0 heterocycles. The van der Waals surface area contributed by atoms with Gasteiger partial charge < -0.3 is 15.2 Å². The molecule has 0 spiro atoms. The second kappa shape index (κ2) is 8.03. The van der Waals surface area contributed by atoms with Gasteiger partial charge in [-0.25, -0.2) is 9.59 Å². The van der Waals surface area contributed by atoms with Crippen LogP contribution >= 0.6 is 0 Å². The van der Waals surface area contributed by atoms with Crippen LogP contribution in [0.4, 0.5) is 4.79 Å². The molecule has 4 aliphatic carbocycles. The van der Waals surface area contributed by atoms with E-state index in [-0.39, 0.29) is 17.9 Å². The fourth-order valence-electron chi connectivity index (χ4n) is 6.06. The van der Waals surface area contributed by atoms with Crippen molar-refractivity contribution in [2.75, 3.05) is 6.61 Å². The van der Waals surface area contributed by atoms with Crippen molar-refractivity contribution in [2.45, 2.75) is 56.9 Å². The van der Waals surface area contributed by atoms with Crippen molar-refractivity contribution in [2.24, 2.45) is 11.3 Å². The zero-order valence-corrected chi connectivity index (χ0v) is 17.7. The summed E-state index contributed by atoms with van der Waals surface area (Å²) in [5.74, 6) is -0.190. The number of rotatable bonds is 6. The Balaban J connectivity index is 1.24. The zero-order valence-electron chi connectivity index (χ0n) is 17.7. The number of carbonyl (C=O) groups excluding carboxylic acids is 1. The fourth-order valence-corrected chi connectivity index (χ4v) is 6.06. The first-order chi connectivity index (χ1) is 15.0. The summed E-state index contributed by atoms with van der Waals surface area (Å²) < 4.78 is 5.57. The quantitative estimate of drug-likeness (QED) is 0.663. The molecule has 0 radical (unpaired) electrons. The lowest BCUT2D eigenvalue weighted by Crippen LogP contribution is -2.47. The van der Waals surface area contributed by atoms with Crippen molar-refractivity contribution in [3.05, 3.63) is 59.7 Å². The Labute approximate surface area is 182 Å². The van der Waals surface area contributed by atoms with Gasteiger partial charge in [0.25, 0.3) is 0 Å². The highest BCUT2D eigenvalue weighted by Crippen LogP contribution is 2.52. The Kier molecular flexibility index (Phi) is 5.20. The lowest BCUT2D eigenvalue weighted by atomic mass is 9.58. The van der Waals surface area contributed by atoms with Gasteiger partial charge >= 0.3 is 12.1 Å². The average Bonchev–Trinajstić information content (AvgIpc) is 3.12. The molecule has 3 fully saturated rings. The highest BCUT2D eigenvalue weighted by Gasteiger charge is 2.43. The van der Waals surface area contributed by atoms with E-state index in [1.807, 2.05) is 24.3 Å². The molecule has 5 nitrogen and oxygen atoms in total. The molecule has 0 saturated heterocycles. The number of aliphatic carboxylic acids is 1. The number of amides is 1. The second-order valence-corrected chi connectivity index (χ2v) is 9.55. The van der Waals surface area contributed by atoms with E-state index in [1.165, 1.54) is 30.4 Å². The molecule has 2 bridgehead atoms. The van der Waals surface area contributed by atoms with Gasteiger partial charge in [0.2, 0.25) is 0 Å². The highest BCUT2D eigenvalue weighted by atomic mass is 16.5. The normalized spacial score (nSPS) is 24.8. The third-order valence-corrected chi connectivity index (χ3v) is 7.82. The summed E-state index contributed by atoms with van der Waals surface area (Å²) in [5.41, 5.74) is 4.69. The minimum Gasteiger partial charge on any atom is -0.480 e. The number of carboxylic acid groups (broad SMARTS) is 1. The number of nitrogens with one attached hydrogen (secondary N) is 1. The number of ether oxygens (including phenoxy) is 1. The smallest absolute Gasteiger partial charge is 0.407 e. The highest BCUT2D eigenvalue weighted by molar-refractivity contribution is 5.81. The predicted octanol–water partition coefficient (Wildman–Crippen LogP) is 5.34. The van der Waals surface area contributed by atoms with Gasteiger partial charge in [-0.3, -0.25) is 0 Å². The molecule has 2 aromatic carbocycles. The summed E-state index contributed by atoms with van der Waals surface area (Å²) >= 11 is 0. The van der Waals surface area contributed by atoms with Crippen LogP contribution in [-0.2, 0) is 9.53 Å². The first-order valence-electron chi connectivity index (χ1n) is 11.4. The van der Waals surface area contributed by atoms with Crippen molar-refractivity contribution in [1.29, 1.82) is 0 Å². The zero-order chi connectivity index (χ0) is 21.4. The lowest BCUT2D eigenvalue weighted by Gasteiger charge is -2.47. The van der Waals surface area contributed by atoms with E-state index in [4.69, 9.17) is 4.74 Å². The van der Waals surface area contributed by atoms with Crippen LogP contribution in [0.5, 0.6) is 0 Å². The van der Waals surface area contributed by atoms with Crippen LogP contribution in [0.2, 0.25) is 0 Å². The second-order valence-electron chi connectivity index (χ2n) is 9.55. The summed E-state index contributed by atoms with van der Waals surface area (Å²) in [6.07, 6.45) is 6.66. The molecular weight excluding hydrogens is 390 g/mol. The van der Waals surface area contributed by atoms with E-state index >= 15 is 0 Å². The summed E-state index contributed by atoms with van der Waals surface area (Å²) in [5, 5.41) is 12.4. The molecule has 162 valence electrons. The van der Waals surface area contributed by atoms with E-state index in [2.05, 4.69) is 29.6 Å². The molecule has 0 aliphatic heterocycles. The molecule has 2 aromatic rings. The Morgan fingerprint density at radius 2 is 1.52 bits per heavy atom. The molecule has 1 amide bonds. The number of carbonyl (C=O) groups is 2. The summed E-state index contributed by atoms with van der Waals surface area (Å²) in [6.45, 7) is 0.193. The van der Waals surface area contributed by atoms with Gasteiger partial charge in [-0.05, 0) is 78.5 Å². The fraction of sp³-hybridized carbons (Fsp3) is 0.462. The predicted molar refractivity (Wildman–Crippen MR) is 118 cm³/mol. The van der Waals surface area contributed by atoms with Crippen LogP contribution in [0.3, 0.4) is 0 Å². The third kappa shape index (κ3) is 3.82. The van der Waals surface area contributed by atoms with Crippen LogP contribution < -0.4 is 5.32 Å². The molecule has 2 N–H and O–H groups in total. The van der Waals surface area contributed by atoms with Gasteiger partial charge in [-0.1, -0.05) is 48.5 Å². The maximum absolute atomic E-state index is 12.6. The molecule has 3 saturated carbocycles. The molecule has 0 unspecified atom stereocenters. The van der Waals surface area contributed by atoms with Crippen LogP contribution in [0.15, 0.2) is 48.5 Å². The molecule has 4 aliphatic rings. The van der Waals surface area contributed by atoms with Crippen LogP contribution in [-0.4, -0.2) is 29.8 Å². The largest absolute Gasteiger partial charge is 0.480 e. The third-order valence-electron chi connectivity index (χ3n) is 7.82. The summed E-state index contributed by atoms with van der Waals surface area (Å²) in [7, 11) is 0. The van der Waals surface area contributed by atoms with Crippen molar-refractivity contribution in [3.63, 3.8) is 0 Å². The van der Waals surface area contributed by atoms with Gasteiger partial charge in [0.1, 0.15) is 12.6 Å². The Hall–Kier alpha value is -2.82. The van der Waals surface area contributed by atoms with E-state index in [0.717, 1.165) is 36.3 Å². The molecule has 0 aromatic heterocycles. The van der Waals surface area contributed by atoms with Crippen molar-refractivity contribution in [3.8, 4) is 11.1 Å². The maximum Gasteiger partial charge on any atom is 0.407 e. The minimum absolute atomic E-state index is 0.0337. The average molecular weight is 420 g/mol. The first-order valence-corrected chi connectivity index (χ1v) is 11.4. The van der Waals surface area contributed by atoms with E-state index in [0.29, 0.717) is 6.42 Å². The molecule has 6 rings (SSSR count). The lowest BCUT2D eigenvalue weighted by molar-refractivity contribution is -0.141. The Bertz CT molecular complexity index is 933. The van der Waals surface area contributed by atoms with Crippen LogP contribution in [0.1, 0.15) is 62.0 Å². The topological polar surface area (TPSA) is 75.6 Å². The molecule has 31 heavy (non-hydrogen) atoms. The number of alkyl carbamates (subject to hydrolysis) is 1. The summed E-state index contributed by atoms with van der Waals surface area (Å²) in [4.78, 5) is 24.5. The first kappa shape index (κ1) is 20.1. The van der Waals surface area contributed by atoms with Crippen molar-refractivity contribution in [1.82, 2.24) is 5.32 Å². The molecule has 5 heteroatoms. The minimum atomic E-state index is -0.976. The number of hydrogen-bond donors (Lipinski definition) is 2. The van der Waals surface area contributed by atoms with Crippen molar-refractivity contribution < 1.29 is 19.4 Å². The SMILES string of the molecule is O=C(N[C@H](CC12CCC(CC1)CC2)C(=O)O)OCC1c2ccccc2-c2ccccc21. The number of benzene rings is 2. The summed E-state index contributed by atoms with van der Waals surface area (Å²) in [6, 6.07) is 15.4. The van der Waals surface area contributed by atoms with Gasteiger partial charge in [0.05, 0.1) is 0 Å². The number of fused-ring (bicyclic) bond motifs is 6. The standard InChI is InChI=1S/C26H29NO4/c28-24(29)23(15-26-12-9-17(10-13-26)11-14-26)27-25(30)31-16-22-20-7-3-1-5-18(20)19-6-2-4-8-21(19)22/h1-8,17,22-23H,9-16H2,(H,27,30)(H,28,29)/t17?,23-,26?/m1/s1. The van der Waals surface area contributed by atoms with Crippen molar-refractivity contribution >= 4 is 12.1 Å². The molecule has 1 atom stereocenters. The monoisotopic (exact) mass is 419 g/mol. The Morgan fingerprint density at radius 1 is 0.968 bits per heavy atom. The van der Waals surface area contributed by atoms with Gasteiger partial charge in [0, 0.05) is 5.92 Å². The maximum atomic E-state index is 12.6. The number of hydrogen-bond acceptors (Lipinski definition) is 3. The van der Waals surface area contributed by atoms with E-state index < -0.39 is 18.1 Å². The number of carboxylic acids is 1. The van der Waals surface area contributed by atoms with E-state index in [1.54, 1.807) is 0 Å².